The van der Waals surface area contributed by atoms with Crippen LogP contribution in [0.2, 0.25) is 10.0 Å². The first kappa shape index (κ1) is 17.1. The van der Waals surface area contributed by atoms with E-state index in [2.05, 4.69) is 0 Å². The molecule has 1 aromatic rings. The van der Waals surface area contributed by atoms with Crippen molar-refractivity contribution < 1.29 is 18.0 Å². The molecule has 0 fully saturated rings. The van der Waals surface area contributed by atoms with Crippen LogP contribution in [0.1, 0.15) is 12.5 Å². The summed E-state index contributed by atoms with van der Waals surface area (Å²) in [4.78, 5) is 12.7. The predicted molar refractivity (Wildman–Crippen MR) is 71.6 cm³/mol. The normalized spacial score (nSPS) is 14.8. The third kappa shape index (κ3) is 3.37. The number of hydrogen-bond donors (Lipinski definition) is 1. The number of nitrogens with zero attached hydrogens (tertiary/aromatic N) is 1. The molecule has 0 radical (unpaired) electrons. The minimum atomic E-state index is -4.84. The second kappa shape index (κ2) is 5.79. The van der Waals surface area contributed by atoms with Crippen molar-refractivity contribution in [3.63, 3.8) is 0 Å². The smallest absolute Gasteiger partial charge is 0.339 e. The average molecular weight is 329 g/mol. The standard InChI is InChI=1S/C12H13Cl2F3N2O/c1-11(18,12(15,16)17)10(20)19(2)6-7-4-3-5-8(13)9(7)14/h3-5H,6,18H2,1-2H3. The molecule has 0 bridgehead atoms. The van der Waals surface area contributed by atoms with Crippen molar-refractivity contribution in [1.82, 2.24) is 4.90 Å². The first-order valence-corrected chi connectivity index (χ1v) is 6.28. The monoisotopic (exact) mass is 328 g/mol. The van der Waals surface area contributed by atoms with Crippen molar-refractivity contribution in [2.45, 2.75) is 25.2 Å². The first-order valence-electron chi connectivity index (χ1n) is 5.52. The molecule has 1 atom stereocenters. The molecule has 3 nitrogen and oxygen atoms in total. The molecule has 0 aliphatic carbocycles. The van der Waals surface area contributed by atoms with Gasteiger partial charge in [-0.15, -0.1) is 0 Å². The van der Waals surface area contributed by atoms with E-state index in [0.29, 0.717) is 12.5 Å². The van der Waals surface area contributed by atoms with Crippen LogP contribution in [0.25, 0.3) is 0 Å². The molecule has 0 heterocycles. The Morgan fingerprint density at radius 3 is 2.40 bits per heavy atom. The summed E-state index contributed by atoms with van der Waals surface area (Å²) >= 11 is 11.7. The summed E-state index contributed by atoms with van der Waals surface area (Å²) in [6.45, 7) is 0.506. The Kier molecular flexibility index (Phi) is 4.94. The summed E-state index contributed by atoms with van der Waals surface area (Å²) in [6.07, 6.45) is -4.84. The minimum Gasteiger partial charge on any atom is -0.339 e. The van der Waals surface area contributed by atoms with E-state index in [1.807, 2.05) is 0 Å². The summed E-state index contributed by atoms with van der Waals surface area (Å²) in [7, 11) is 1.22. The highest BCUT2D eigenvalue weighted by Crippen LogP contribution is 2.31. The molecule has 112 valence electrons. The van der Waals surface area contributed by atoms with E-state index in [0.717, 1.165) is 4.90 Å². The molecule has 1 amide bonds. The van der Waals surface area contributed by atoms with Gasteiger partial charge in [-0.2, -0.15) is 13.2 Å². The minimum absolute atomic E-state index is 0.124. The van der Waals surface area contributed by atoms with E-state index in [1.165, 1.54) is 13.1 Å². The molecule has 20 heavy (non-hydrogen) atoms. The number of halogens is 5. The van der Waals surface area contributed by atoms with Gasteiger partial charge in [-0.05, 0) is 18.6 Å². The summed E-state index contributed by atoms with van der Waals surface area (Å²) in [5, 5.41) is 0.455. The second-order valence-electron chi connectivity index (χ2n) is 4.57. The summed E-state index contributed by atoms with van der Waals surface area (Å²) in [6, 6.07) is 4.70. The van der Waals surface area contributed by atoms with Gasteiger partial charge in [-0.3, -0.25) is 4.79 Å². The molecule has 0 aliphatic rings. The number of hydrogen-bond acceptors (Lipinski definition) is 2. The van der Waals surface area contributed by atoms with Crippen LogP contribution in [0.3, 0.4) is 0 Å². The second-order valence-corrected chi connectivity index (χ2v) is 5.36. The van der Waals surface area contributed by atoms with Crippen molar-refractivity contribution >= 4 is 29.1 Å². The molecule has 1 rings (SSSR count). The Morgan fingerprint density at radius 2 is 1.90 bits per heavy atom. The Balaban J connectivity index is 2.94. The molecule has 8 heteroatoms. The fourth-order valence-electron chi connectivity index (χ4n) is 1.52. The predicted octanol–water partition coefficient (Wildman–Crippen LogP) is 3.23. The molecule has 0 saturated heterocycles. The Hall–Kier alpha value is -0.980. The first-order chi connectivity index (χ1) is 8.98. The van der Waals surface area contributed by atoms with Crippen LogP contribution in [0.5, 0.6) is 0 Å². The van der Waals surface area contributed by atoms with Crippen molar-refractivity contribution in [3.05, 3.63) is 33.8 Å². The maximum atomic E-state index is 12.7. The lowest BCUT2D eigenvalue weighted by Crippen LogP contribution is -2.61. The number of nitrogens with two attached hydrogens (primary N) is 1. The number of benzene rings is 1. The molecule has 2 N–H and O–H groups in total. The van der Waals surface area contributed by atoms with Crippen LogP contribution in [0.4, 0.5) is 13.2 Å². The SMILES string of the molecule is CN(Cc1cccc(Cl)c1Cl)C(=O)C(C)(N)C(F)(F)F. The zero-order valence-corrected chi connectivity index (χ0v) is 12.3. The highest BCUT2D eigenvalue weighted by molar-refractivity contribution is 6.42. The van der Waals surface area contributed by atoms with Gasteiger partial charge in [0.2, 0.25) is 0 Å². The van der Waals surface area contributed by atoms with E-state index in [9.17, 15) is 18.0 Å². The molecular weight excluding hydrogens is 316 g/mol. The fourth-order valence-corrected chi connectivity index (χ4v) is 1.90. The van der Waals surface area contributed by atoms with E-state index in [-0.39, 0.29) is 16.6 Å². The largest absolute Gasteiger partial charge is 0.415 e. The molecule has 0 aromatic heterocycles. The quantitative estimate of drug-likeness (QED) is 0.925. The zero-order valence-electron chi connectivity index (χ0n) is 10.8. The maximum absolute atomic E-state index is 12.7. The van der Waals surface area contributed by atoms with Crippen LogP contribution in [0, 0.1) is 0 Å². The van der Waals surface area contributed by atoms with Crippen molar-refractivity contribution in [1.29, 1.82) is 0 Å². The third-order valence-electron chi connectivity index (χ3n) is 2.82. The van der Waals surface area contributed by atoms with Crippen molar-refractivity contribution in [2.24, 2.45) is 5.73 Å². The average Bonchev–Trinajstić information content (AvgIpc) is 2.32. The van der Waals surface area contributed by atoms with Gasteiger partial charge in [0.1, 0.15) is 0 Å². The Morgan fingerprint density at radius 1 is 1.35 bits per heavy atom. The van der Waals surface area contributed by atoms with Crippen LogP contribution in [-0.4, -0.2) is 29.6 Å². The van der Waals surface area contributed by atoms with E-state index in [4.69, 9.17) is 28.9 Å². The summed E-state index contributed by atoms with van der Waals surface area (Å²) in [5.41, 5.74) is 2.57. The van der Waals surface area contributed by atoms with Crippen LogP contribution in [0.15, 0.2) is 18.2 Å². The highest BCUT2D eigenvalue weighted by Gasteiger charge is 2.54. The van der Waals surface area contributed by atoms with Gasteiger partial charge in [-0.25, -0.2) is 0 Å². The molecule has 0 aliphatic heterocycles. The molecule has 0 spiro atoms. The summed E-state index contributed by atoms with van der Waals surface area (Å²) < 4.78 is 38.1. The topological polar surface area (TPSA) is 46.3 Å². The van der Waals surface area contributed by atoms with E-state index in [1.54, 1.807) is 12.1 Å². The van der Waals surface area contributed by atoms with Crippen molar-refractivity contribution in [2.75, 3.05) is 7.05 Å². The third-order valence-corrected chi connectivity index (χ3v) is 3.68. The van der Waals surface area contributed by atoms with Crippen LogP contribution >= 0.6 is 23.2 Å². The Labute approximate surface area is 124 Å². The van der Waals surface area contributed by atoms with E-state index < -0.39 is 17.6 Å². The number of carbonyl (C=O) groups is 1. The number of likely N-dealkylation sites (N-methyl/N-ethyl adjacent to an activating group) is 1. The van der Waals surface area contributed by atoms with Gasteiger partial charge in [-0.1, -0.05) is 35.3 Å². The lowest BCUT2D eigenvalue weighted by atomic mass is 10.0. The number of carbonyl (C=O) groups excluding carboxylic acids is 1. The van der Waals surface area contributed by atoms with E-state index >= 15 is 0 Å². The van der Waals surface area contributed by atoms with Gasteiger partial charge < -0.3 is 10.6 Å². The van der Waals surface area contributed by atoms with Gasteiger partial charge in [0.05, 0.1) is 10.0 Å². The lowest BCUT2D eigenvalue weighted by Gasteiger charge is -2.31. The maximum Gasteiger partial charge on any atom is 0.415 e. The van der Waals surface area contributed by atoms with Crippen LogP contribution in [-0.2, 0) is 11.3 Å². The molecule has 0 saturated carbocycles. The molecular formula is C12H13Cl2F3N2O. The van der Waals surface area contributed by atoms with Crippen molar-refractivity contribution in [3.8, 4) is 0 Å². The molecule has 1 unspecified atom stereocenters. The Bertz CT molecular complexity index is 518. The van der Waals surface area contributed by atoms with Gasteiger partial charge in [0.25, 0.3) is 5.91 Å². The van der Waals surface area contributed by atoms with Gasteiger partial charge >= 0.3 is 6.18 Å². The lowest BCUT2D eigenvalue weighted by molar-refractivity contribution is -0.193. The molecule has 1 aromatic carbocycles. The van der Waals surface area contributed by atoms with Crippen LogP contribution < -0.4 is 5.73 Å². The zero-order chi connectivity index (χ0) is 15.7. The van der Waals surface area contributed by atoms with Gasteiger partial charge in [0, 0.05) is 13.6 Å². The summed E-state index contributed by atoms with van der Waals surface area (Å²) in [5.74, 6) is -1.25. The number of rotatable bonds is 3. The van der Waals surface area contributed by atoms with Gasteiger partial charge in [0.15, 0.2) is 5.54 Å². The fraction of sp³-hybridized carbons (Fsp3) is 0.417. The number of alkyl halides is 3. The highest BCUT2D eigenvalue weighted by atomic mass is 35.5. The number of amides is 1.